The van der Waals surface area contributed by atoms with Gasteiger partial charge in [-0.1, -0.05) is 35.3 Å². The van der Waals surface area contributed by atoms with E-state index in [9.17, 15) is 0 Å². The predicted octanol–water partition coefficient (Wildman–Crippen LogP) is 3.25. The van der Waals surface area contributed by atoms with Crippen molar-refractivity contribution in [2.24, 2.45) is 5.84 Å². The molecule has 0 aliphatic rings. The number of pyridine rings is 1. The maximum absolute atomic E-state index is 6.19. The zero-order valence-corrected chi connectivity index (χ0v) is 11.3. The fourth-order valence-corrected chi connectivity index (χ4v) is 2.35. The van der Waals surface area contributed by atoms with E-state index in [-0.39, 0.29) is 6.04 Å². The Morgan fingerprint density at radius 1 is 1.22 bits per heavy atom. The van der Waals surface area contributed by atoms with Gasteiger partial charge >= 0.3 is 0 Å². The van der Waals surface area contributed by atoms with Crippen LogP contribution in [0.5, 0.6) is 0 Å². The van der Waals surface area contributed by atoms with Gasteiger partial charge in [-0.05, 0) is 35.7 Å². The molecule has 1 atom stereocenters. The molecule has 3 nitrogen and oxygen atoms in total. The summed E-state index contributed by atoms with van der Waals surface area (Å²) in [6.07, 6.45) is 3.56. The number of hydrogen-bond donors (Lipinski definition) is 2. The first-order valence-electron chi connectivity index (χ1n) is 5.44. The molecule has 18 heavy (non-hydrogen) atoms. The lowest BCUT2D eigenvalue weighted by molar-refractivity contribution is 0.634. The first-order valence-corrected chi connectivity index (χ1v) is 6.20. The Bertz CT molecular complexity index is 558. The van der Waals surface area contributed by atoms with Crippen LogP contribution in [0.3, 0.4) is 0 Å². The van der Waals surface area contributed by atoms with E-state index >= 15 is 0 Å². The normalized spacial score (nSPS) is 12.4. The van der Waals surface area contributed by atoms with Crippen molar-refractivity contribution < 1.29 is 0 Å². The third kappa shape index (κ3) is 2.82. The summed E-state index contributed by atoms with van der Waals surface area (Å²) in [5.74, 6) is 5.62. The monoisotopic (exact) mass is 281 g/mol. The second kappa shape index (κ2) is 5.67. The summed E-state index contributed by atoms with van der Waals surface area (Å²) in [6, 6.07) is 7.16. The lowest BCUT2D eigenvalue weighted by Gasteiger charge is -2.18. The van der Waals surface area contributed by atoms with Crippen molar-refractivity contribution in [2.45, 2.75) is 13.0 Å². The van der Waals surface area contributed by atoms with Crippen LogP contribution in [0.1, 0.15) is 22.7 Å². The smallest absolute Gasteiger partial charge is 0.0739 e. The molecule has 94 valence electrons. The fraction of sp³-hybridized carbons (Fsp3) is 0.154. The third-order valence-corrected chi connectivity index (χ3v) is 3.23. The maximum Gasteiger partial charge on any atom is 0.0739 e. The highest BCUT2D eigenvalue weighted by atomic mass is 35.5. The van der Waals surface area contributed by atoms with E-state index in [0.717, 1.165) is 16.7 Å². The Kier molecular flexibility index (Phi) is 4.19. The van der Waals surface area contributed by atoms with Gasteiger partial charge in [-0.2, -0.15) is 0 Å². The van der Waals surface area contributed by atoms with Crippen LogP contribution >= 0.6 is 23.2 Å². The summed E-state index contributed by atoms with van der Waals surface area (Å²) in [5.41, 5.74) is 5.65. The minimum atomic E-state index is -0.206. The van der Waals surface area contributed by atoms with Crippen molar-refractivity contribution in [1.29, 1.82) is 0 Å². The van der Waals surface area contributed by atoms with Gasteiger partial charge in [-0.3, -0.25) is 10.8 Å². The molecule has 1 aromatic heterocycles. The van der Waals surface area contributed by atoms with Gasteiger partial charge in [0, 0.05) is 22.4 Å². The van der Waals surface area contributed by atoms with E-state index in [1.54, 1.807) is 24.5 Å². The molecule has 0 radical (unpaired) electrons. The summed E-state index contributed by atoms with van der Waals surface area (Å²) in [6.45, 7) is 1.98. The molecule has 0 aliphatic heterocycles. The number of hydrogen-bond acceptors (Lipinski definition) is 3. The highest BCUT2D eigenvalue weighted by Crippen LogP contribution is 2.29. The number of hydrazine groups is 1. The number of aromatic nitrogens is 1. The summed E-state index contributed by atoms with van der Waals surface area (Å²) < 4.78 is 0. The van der Waals surface area contributed by atoms with Crippen molar-refractivity contribution in [3.63, 3.8) is 0 Å². The van der Waals surface area contributed by atoms with E-state index < -0.39 is 0 Å². The number of rotatable bonds is 3. The molecule has 5 heteroatoms. The second-order valence-corrected chi connectivity index (χ2v) is 4.90. The molecule has 0 fully saturated rings. The number of nitrogens with one attached hydrogen (secondary N) is 1. The van der Waals surface area contributed by atoms with Crippen LogP contribution in [0, 0.1) is 6.92 Å². The van der Waals surface area contributed by atoms with Gasteiger partial charge in [-0.15, -0.1) is 0 Å². The molecule has 1 unspecified atom stereocenters. The van der Waals surface area contributed by atoms with Crippen molar-refractivity contribution in [1.82, 2.24) is 10.4 Å². The lowest BCUT2D eigenvalue weighted by Crippen LogP contribution is -2.29. The van der Waals surface area contributed by atoms with Crippen LogP contribution in [-0.4, -0.2) is 4.98 Å². The maximum atomic E-state index is 6.19. The standard InChI is InChI=1S/C13H13Cl2N3/c1-8-4-9(7-17-6-8)13(18-16)11-3-2-10(14)5-12(11)15/h2-7,13,18H,16H2,1H3. The van der Waals surface area contributed by atoms with E-state index in [1.165, 1.54) is 0 Å². The van der Waals surface area contributed by atoms with Crippen molar-refractivity contribution in [2.75, 3.05) is 0 Å². The zero-order chi connectivity index (χ0) is 13.1. The number of aryl methyl sites for hydroxylation is 1. The average Bonchev–Trinajstić information content (AvgIpc) is 2.33. The molecule has 3 N–H and O–H groups in total. The van der Waals surface area contributed by atoms with Crippen molar-refractivity contribution in [3.05, 3.63) is 63.4 Å². The quantitative estimate of drug-likeness (QED) is 0.671. The molecule has 0 spiro atoms. The van der Waals surface area contributed by atoms with Gasteiger partial charge in [0.1, 0.15) is 0 Å². The second-order valence-electron chi connectivity index (χ2n) is 4.06. The van der Waals surface area contributed by atoms with Crippen LogP contribution in [0.4, 0.5) is 0 Å². The van der Waals surface area contributed by atoms with Crippen molar-refractivity contribution in [3.8, 4) is 0 Å². The molecule has 0 saturated carbocycles. The number of nitrogens with two attached hydrogens (primary N) is 1. The molecule has 0 saturated heterocycles. The Morgan fingerprint density at radius 2 is 2.00 bits per heavy atom. The van der Waals surface area contributed by atoms with Crippen molar-refractivity contribution >= 4 is 23.2 Å². The van der Waals surface area contributed by atoms with E-state index in [0.29, 0.717) is 10.0 Å². The van der Waals surface area contributed by atoms with E-state index in [4.69, 9.17) is 29.0 Å². The molecule has 0 amide bonds. The van der Waals surface area contributed by atoms with Gasteiger partial charge < -0.3 is 0 Å². The van der Waals surface area contributed by atoms with Gasteiger partial charge in [0.2, 0.25) is 0 Å². The Labute approximate surface area is 116 Å². The molecule has 1 aromatic carbocycles. The Morgan fingerprint density at radius 3 is 2.61 bits per heavy atom. The Hall–Kier alpha value is -1.13. The highest BCUT2D eigenvalue weighted by molar-refractivity contribution is 6.35. The summed E-state index contributed by atoms with van der Waals surface area (Å²) in [7, 11) is 0. The number of benzene rings is 1. The highest BCUT2D eigenvalue weighted by Gasteiger charge is 2.16. The van der Waals surface area contributed by atoms with Gasteiger partial charge in [0.05, 0.1) is 6.04 Å². The summed E-state index contributed by atoms with van der Waals surface area (Å²) >= 11 is 12.1. The minimum Gasteiger partial charge on any atom is -0.271 e. The SMILES string of the molecule is Cc1cncc(C(NN)c2ccc(Cl)cc2Cl)c1. The lowest BCUT2D eigenvalue weighted by atomic mass is 10.00. The topological polar surface area (TPSA) is 50.9 Å². The van der Waals surface area contributed by atoms with Crippen LogP contribution in [0.25, 0.3) is 0 Å². The molecule has 1 heterocycles. The van der Waals surface area contributed by atoms with E-state index in [1.807, 2.05) is 19.1 Å². The molecule has 0 bridgehead atoms. The number of nitrogens with zero attached hydrogens (tertiary/aromatic N) is 1. The largest absolute Gasteiger partial charge is 0.271 e. The summed E-state index contributed by atoms with van der Waals surface area (Å²) in [4.78, 5) is 4.16. The van der Waals surface area contributed by atoms with E-state index in [2.05, 4.69) is 10.4 Å². The molecule has 0 aliphatic carbocycles. The molecular weight excluding hydrogens is 269 g/mol. The molecule has 2 rings (SSSR count). The first kappa shape index (κ1) is 13.3. The van der Waals surface area contributed by atoms with Crippen LogP contribution in [0.2, 0.25) is 10.0 Å². The van der Waals surface area contributed by atoms with Crippen LogP contribution in [-0.2, 0) is 0 Å². The molecular formula is C13H13Cl2N3. The van der Waals surface area contributed by atoms with Gasteiger partial charge in [0.15, 0.2) is 0 Å². The average molecular weight is 282 g/mol. The predicted molar refractivity (Wildman–Crippen MR) is 74.6 cm³/mol. The van der Waals surface area contributed by atoms with Gasteiger partial charge in [0.25, 0.3) is 0 Å². The summed E-state index contributed by atoms with van der Waals surface area (Å²) in [5, 5.41) is 1.17. The Balaban J connectivity index is 2.45. The van der Waals surface area contributed by atoms with Crippen LogP contribution in [0.15, 0.2) is 36.7 Å². The molecule has 2 aromatic rings. The zero-order valence-electron chi connectivity index (χ0n) is 9.82. The first-order chi connectivity index (χ1) is 8.61. The number of halogens is 2. The van der Waals surface area contributed by atoms with Crippen LogP contribution < -0.4 is 11.3 Å². The third-order valence-electron chi connectivity index (χ3n) is 2.67. The minimum absolute atomic E-state index is 0.206. The fourth-order valence-electron chi connectivity index (χ4n) is 1.84. The van der Waals surface area contributed by atoms with Gasteiger partial charge in [-0.25, -0.2) is 5.43 Å².